The third-order valence-corrected chi connectivity index (χ3v) is 4.31. The van der Waals surface area contributed by atoms with Gasteiger partial charge in [0.15, 0.2) is 0 Å². The maximum Gasteiger partial charge on any atom is 0.393 e. The summed E-state index contributed by atoms with van der Waals surface area (Å²) in [5.74, 6) is -2.46. The van der Waals surface area contributed by atoms with Crippen molar-refractivity contribution >= 4 is 21.8 Å². The number of carbonyl (C=O) groups excluding carboxylic acids is 1. The topological polar surface area (TPSA) is 20.3 Å². The number of benzene rings is 1. The van der Waals surface area contributed by atoms with Crippen LogP contribution in [0.4, 0.5) is 17.6 Å². The first-order chi connectivity index (χ1) is 9.70. The minimum atomic E-state index is -4.30. The molecular weight excluding hydrogens is 354 g/mol. The van der Waals surface area contributed by atoms with Gasteiger partial charge in [0.25, 0.3) is 5.91 Å². The Morgan fingerprint density at radius 1 is 1.38 bits per heavy atom. The van der Waals surface area contributed by atoms with Crippen LogP contribution in [0.2, 0.25) is 0 Å². The van der Waals surface area contributed by atoms with E-state index in [0.29, 0.717) is 6.42 Å². The molecule has 7 heteroatoms. The molecule has 116 valence electrons. The van der Waals surface area contributed by atoms with Gasteiger partial charge in [-0.2, -0.15) is 13.2 Å². The summed E-state index contributed by atoms with van der Waals surface area (Å²) in [5.41, 5.74) is 0.475. The van der Waals surface area contributed by atoms with Crippen molar-refractivity contribution in [3.8, 4) is 0 Å². The molecule has 21 heavy (non-hydrogen) atoms. The second kappa shape index (κ2) is 5.94. The number of nitrogens with zero attached hydrogens (tertiary/aromatic N) is 1. The highest BCUT2D eigenvalue weighted by molar-refractivity contribution is 9.10. The second-order valence-electron chi connectivity index (χ2n) is 5.21. The molecular formula is C14H14BrF4NO. The fraction of sp³-hybridized carbons (Fsp3) is 0.500. The molecule has 1 heterocycles. The van der Waals surface area contributed by atoms with Crippen molar-refractivity contribution in [2.75, 3.05) is 13.1 Å². The Kier molecular flexibility index (Phi) is 4.60. The number of carbonyl (C=O) groups is 1. The van der Waals surface area contributed by atoms with Gasteiger partial charge in [0, 0.05) is 17.6 Å². The van der Waals surface area contributed by atoms with Crippen LogP contribution in [0.5, 0.6) is 0 Å². The Morgan fingerprint density at radius 3 is 2.67 bits per heavy atom. The maximum atomic E-state index is 13.4. The number of halogens is 5. The van der Waals surface area contributed by atoms with Crippen LogP contribution in [-0.2, 0) is 0 Å². The monoisotopic (exact) mass is 367 g/mol. The number of hydrogen-bond donors (Lipinski definition) is 0. The van der Waals surface area contributed by atoms with Crippen LogP contribution >= 0.6 is 15.9 Å². The number of likely N-dealkylation sites (tertiary alicyclic amines) is 1. The normalized spacial score (nSPS) is 19.7. The summed E-state index contributed by atoms with van der Waals surface area (Å²) in [4.78, 5) is 13.6. The lowest BCUT2D eigenvalue weighted by Crippen LogP contribution is -2.44. The number of amides is 1. The van der Waals surface area contributed by atoms with Crippen LogP contribution in [0.1, 0.15) is 28.8 Å². The Balaban J connectivity index is 2.22. The molecule has 0 spiro atoms. The number of hydrogen-bond acceptors (Lipinski definition) is 1. The molecule has 0 aromatic heterocycles. The van der Waals surface area contributed by atoms with Crippen LogP contribution in [0.3, 0.4) is 0 Å². The second-order valence-corrected chi connectivity index (χ2v) is 6.07. The Hall–Kier alpha value is -1.11. The first kappa shape index (κ1) is 16.3. The van der Waals surface area contributed by atoms with E-state index in [2.05, 4.69) is 15.9 Å². The molecule has 0 radical (unpaired) electrons. The van der Waals surface area contributed by atoms with Crippen molar-refractivity contribution < 1.29 is 22.4 Å². The van der Waals surface area contributed by atoms with E-state index in [9.17, 15) is 22.4 Å². The van der Waals surface area contributed by atoms with E-state index >= 15 is 0 Å². The lowest BCUT2D eigenvalue weighted by Gasteiger charge is -2.34. The van der Waals surface area contributed by atoms with Gasteiger partial charge >= 0.3 is 6.18 Å². The Labute approximate surface area is 128 Å². The molecule has 2 rings (SSSR count). The van der Waals surface area contributed by atoms with Crippen molar-refractivity contribution in [2.24, 2.45) is 5.92 Å². The van der Waals surface area contributed by atoms with Crippen molar-refractivity contribution in [3.05, 3.63) is 33.5 Å². The molecule has 0 saturated carbocycles. The molecule has 0 aliphatic carbocycles. The van der Waals surface area contributed by atoms with Crippen molar-refractivity contribution in [2.45, 2.75) is 25.9 Å². The van der Waals surface area contributed by atoms with Crippen LogP contribution in [0.25, 0.3) is 0 Å². The average Bonchev–Trinajstić information content (AvgIpc) is 2.41. The largest absolute Gasteiger partial charge is 0.393 e. The Morgan fingerprint density at radius 2 is 2.05 bits per heavy atom. The SMILES string of the molecule is Cc1cc(C(=O)N2CCCC(C(F)(F)F)C2)c(Br)cc1F. The zero-order valence-electron chi connectivity index (χ0n) is 11.3. The predicted octanol–water partition coefficient (Wildman–Crippen LogP) is 4.31. The molecule has 1 aliphatic rings. The average molecular weight is 368 g/mol. The third-order valence-electron chi connectivity index (χ3n) is 3.65. The molecule has 2 nitrogen and oxygen atoms in total. The van der Waals surface area contributed by atoms with E-state index in [-0.39, 0.29) is 35.1 Å². The van der Waals surface area contributed by atoms with Crippen LogP contribution in [-0.4, -0.2) is 30.1 Å². The van der Waals surface area contributed by atoms with Crippen LogP contribution in [0, 0.1) is 18.7 Å². The van der Waals surface area contributed by atoms with Crippen LogP contribution < -0.4 is 0 Å². The van der Waals surface area contributed by atoms with Gasteiger partial charge in [-0.05, 0) is 53.4 Å². The predicted molar refractivity (Wildman–Crippen MR) is 73.5 cm³/mol. The third kappa shape index (κ3) is 3.56. The zero-order chi connectivity index (χ0) is 15.8. The number of aryl methyl sites for hydroxylation is 1. The summed E-state index contributed by atoms with van der Waals surface area (Å²) >= 11 is 3.09. The van der Waals surface area contributed by atoms with Gasteiger partial charge in [0.05, 0.1) is 11.5 Å². The highest BCUT2D eigenvalue weighted by Gasteiger charge is 2.42. The van der Waals surface area contributed by atoms with E-state index in [0.717, 1.165) is 6.07 Å². The first-order valence-corrected chi connectivity index (χ1v) is 7.31. The van der Waals surface area contributed by atoms with Gasteiger partial charge in [-0.25, -0.2) is 4.39 Å². The molecule has 1 unspecified atom stereocenters. The van der Waals surface area contributed by atoms with E-state index in [1.54, 1.807) is 0 Å². The minimum absolute atomic E-state index is 0.0386. The molecule has 1 atom stereocenters. The standard InChI is InChI=1S/C14H14BrF4NO/c1-8-5-10(11(15)6-12(8)16)13(21)20-4-2-3-9(7-20)14(17,18)19/h5-6,9H,2-4,7H2,1H3. The fourth-order valence-corrected chi connectivity index (χ4v) is 2.91. The van der Waals surface area contributed by atoms with Crippen LogP contribution in [0.15, 0.2) is 16.6 Å². The summed E-state index contributed by atoms with van der Waals surface area (Å²) in [6.07, 6.45) is -3.94. The van der Waals surface area contributed by atoms with Gasteiger partial charge in [-0.15, -0.1) is 0 Å². The molecule has 1 saturated heterocycles. The summed E-state index contributed by atoms with van der Waals surface area (Å²) in [7, 11) is 0. The van der Waals surface area contributed by atoms with E-state index in [4.69, 9.17) is 0 Å². The molecule has 1 amide bonds. The summed E-state index contributed by atoms with van der Waals surface area (Å²) in [5, 5.41) is 0. The smallest absolute Gasteiger partial charge is 0.338 e. The molecule has 1 aromatic carbocycles. The van der Waals surface area contributed by atoms with Crippen molar-refractivity contribution in [1.29, 1.82) is 0 Å². The lowest BCUT2D eigenvalue weighted by molar-refractivity contribution is -0.184. The minimum Gasteiger partial charge on any atom is -0.338 e. The molecule has 1 aromatic rings. The van der Waals surface area contributed by atoms with Crippen molar-refractivity contribution in [3.63, 3.8) is 0 Å². The quantitative estimate of drug-likeness (QED) is 0.677. The molecule has 1 aliphatic heterocycles. The summed E-state index contributed by atoms with van der Waals surface area (Å²) in [6.45, 7) is 1.45. The molecule has 0 bridgehead atoms. The number of rotatable bonds is 1. The zero-order valence-corrected chi connectivity index (χ0v) is 12.9. The van der Waals surface area contributed by atoms with E-state index in [1.807, 2.05) is 0 Å². The van der Waals surface area contributed by atoms with Gasteiger partial charge < -0.3 is 4.90 Å². The van der Waals surface area contributed by atoms with Crippen molar-refractivity contribution in [1.82, 2.24) is 4.90 Å². The number of alkyl halides is 3. The molecule has 0 N–H and O–H groups in total. The molecule has 1 fully saturated rings. The van der Waals surface area contributed by atoms with Gasteiger partial charge in [-0.1, -0.05) is 0 Å². The highest BCUT2D eigenvalue weighted by Crippen LogP contribution is 2.34. The van der Waals surface area contributed by atoms with E-state index in [1.165, 1.54) is 17.9 Å². The fourth-order valence-electron chi connectivity index (χ4n) is 2.42. The van der Waals surface area contributed by atoms with E-state index < -0.39 is 23.8 Å². The summed E-state index contributed by atoms with van der Waals surface area (Å²) in [6, 6.07) is 2.52. The van der Waals surface area contributed by atoms with Gasteiger partial charge in [0.2, 0.25) is 0 Å². The highest BCUT2D eigenvalue weighted by atomic mass is 79.9. The Bertz CT molecular complexity index is 559. The van der Waals surface area contributed by atoms with Gasteiger partial charge in [0.1, 0.15) is 5.82 Å². The maximum absolute atomic E-state index is 13.4. The van der Waals surface area contributed by atoms with Gasteiger partial charge in [-0.3, -0.25) is 4.79 Å². The lowest BCUT2D eigenvalue weighted by atomic mass is 9.96. The summed E-state index contributed by atoms with van der Waals surface area (Å²) < 4.78 is 52.0. The number of piperidine rings is 1. The first-order valence-electron chi connectivity index (χ1n) is 6.51.